The largest absolute Gasteiger partial charge is 0.361 e. The summed E-state index contributed by atoms with van der Waals surface area (Å²) in [6, 6.07) is 17.7. The maximum atomic E-state index is 12.8. The zero-order valence-corrected chi connectivity index (χ0v) is 14.6. The Morgan fingerprint density at radius 3 is 2.74 bits per heavy atom. The minimum absolute atomic E-state index is 0.216. The van der Waals surface area contributed by atoms with Gasteiger partial charge in [-0.05, 0) is 31.0 Å². The van der Waals surface area contributed by atoms with Gasteiger partial charge in [0.1, 0.15) is 0 Å². The molecule has 5 nitrogen and oxygen atoms in total. The number of hydrogen-bond donors (Lipinski definition) is 2. The third kappa shape index (κ3) is 2.97. The zero-order chi connectivity index (χ0) is 18.2. The van der Waals surface area contributed by atoms with Gasteiger partial charge in [0, 0.05) is 39.7 Å². The Hall–Kier alpha value is -3.47. The number of nitrogens with one attached hydrogen (secondary N) is 2. The second-order valence-corrected chi connectivity index (χ2v) is 6.87. The molecule has 0 bridgehead atoms. The first-order valence-corrected chi connectivity index (χ1v) is 9.09. The lowest BCUT2D eigenvalue weighted by Crippen LogP contribution is -2.18. The number of hydrazone groups is 1. The molecule has 1 amide bonds. The summed E-state index contributed by atoms with van der Waals surface area (Å²) >= 11 is 0. The third-order valence-corrected chi connectivity index (χ3v) is 4.97. The van der Waals surface area contributed by atoms with Crippen LogP contribution in [0.4, 0.5) is 0 Å². The second-order valence-electron chi connectivity index (χ2n) is 6.87. The number of para-hydroxylation sites is 2. The fourth-order valence-electron chi connectivity index (χ4n) is 3.39. The molecule has 1 fully saturated rings. The van der Waals surface area contributed by atoms with Crippen LogP contribution in [0.25, 0.3) is 21.8 Å². The van der Waals surface area contributed by atoms with E-state index < -0.39 is 0 Å². The Kier molecular flexibility index (Phi) is 3.71. The lowest BCUT2D eigenvalue weighted by molar-refractivity contribution is 0.0956. The molecule has 0 radical (unpaired) electrons. The van der Waals surface area contributed by atoms with Gasteiger partial charge in [-0.3, -0.25) is 9.78 Å². The highest BCUT2D eigenvalue weighted by atomic mass is 16.2. The van der Waals surface area contributed by atoms with E-state index in [2.05, 4.69) is 15.5 Å². The predicted molar refractivity (Wildman–Crippen MR) is 107 cm³/mol. The van der Waals surface area contributed by atoms with Gasteiger partial charge in [0.05, 0.1) is 17.3 Å². The van der Waals surface area contributed by atoms with Crippen molar-refractivity contribution in [3.8, 4) is 0 Å². The van der Waals surface area contributed by atoms with Gasteiger partial charge in [-0.25, -0.2) is 5.43 Å². The molecule has 1 saturated carbocycles. The molecule has 0 spiro atoms. The van der Waals surface area contributed by atoms with Crippen LogP contribution in [0.2, 0.25) is 0 Å². The lowest BCUT2D eigenvalue weighted by Gasteiger charge is -2.08. The van der Waals surface area contributed by atoms with E-state index in [0.717, 1.165) is 45.9 Å². The second kappa shape index (κ2) is 6.36. The van der Waals surface area contributed by atoms with Gasteiger partial charge < -0.3 is 4.98 Å². The quantitative estimate of drug-likeness (QED) is 0.422. The summed E-state index contributed by atoms with van der Waals surface area (Å²) in [5.41, 5.74) is 7.12. The summed E-state index contributed by atoms with van der Waals surface area (Å²) in [7, 11) is 0. The van der Waals surface area contributed by atoms with E-state index in [9.17, 15) is 4.79 Å². The standard InChI is InChI=1S/C22H18N4O/c27-22(26-24-13-15-12-23-19-7-3-1-5-16(15)19)18-11-21(14-9-10-14)25-20-8-4-2-6-17(18)20/h1-8,11-14,23H,9-10H2,(H,26,27)/b24-13-. The third-order valence-electron chi connectivity index (χ3n) is 4.97. The van der Waals surface area contributed by atoms with Crippen LogP contribution in [0.3, 0.4) is 0 Å². The molecular weight excluding hydrogens is 336 g/mol. The van der Waals surface area contributed by atoms with E-state index in [1.807, 2.05) is 60.8 Å². The van der Waals surface area contributed by atoms with Crippen molar-refractivity contribution >= 4 is 33.9 Å². The Morgan fingerprint density at radius 1 is 1.11 bits per heavy atom. The number of rotatable bonds is 4. The molecule has 1 aliphatic carbocycles. The minimum Gasteiger partial charge on any atom is -0.361 e. The number of nitrogens with zero attached hydrogens (tertiary/aromatic N) is 2. The fraction of sp³-hybridized carbons (Fsp3) is 0.136. The van der Waals surface area contributed by atoms with Gasteiger partial charge in [-0.1, -0.05) is 36.4 Å². The first kappa shape index (κ1) is 15.8. The van der Waals surface area contributed by atoms with Crippen LogP contribution in [-0.4, -0.2) is 22.1 Å². The van der Waals surface area contributed by atoms with Crippen molar-refractivity contribution in [3.63, 3.8) is 0 Å². The van der Waals surface area contributed by atoms with Crippen LogP contribution >= 0.6 is 0 Å². The Labute approximate surface area is 156 Å². The van der Waals surface area contributed by atoms with Gasteiger partial charge in [-0.2, -0.15) is 5.10 Å². The number of benzene rings is 2. The van der Waals surface area contributed by atoms with Crippen LogP contribution in [-0.2, 0) is 0 Å². The van der Waals surface area contributed by atoms with Crippen molar-refractivity contribution in [1.82, 2.24) is 15.4 Å². The molecule has 2 heterocycles. The number of carbonyl (C=O) groups excluding carboxylic acids is 1. The Bertz CT molecular complexity index is 1190. The van der Waals surface area contributed by atoms with Gasteiger partial charge >= 0.3 is 0 Å². The highest BCUT2D eigenvalue weighted by Gasteiger charge is 2.26. The van der Waals surface area contributed by atoms with E-state index in [1.165, 1.54) is 0 Å². The zero-order valence-electron chi connectivity index (χ0n) is 14.6. The van der Waals surface area contributed by atoms with Gasteiger partial charge in [-0.15, -0.1) is 0 Å². The fourth-order valence-corrected chi connectivity index (χ4v) is 3.39. The molecule has 5 rings (SSSR count). The maximum absolute atomic E-state index is 12.8. The Morgan fingerprint density at radius 2 is 1.89 bits per heavy atom. The molecular formula is C22H18N4O. The summed E-state index contributed by atoms with van der Waals surface area (Å²) in [6.45, 7) is 0. The van der Waals surface area contributed by atoms with E-state index in [4.69, 9.17) is 4.98 Å². The summed E-state index contributed by atoms with van der Waals surface area (Å²) in [4.78, 5) is 20.7. The van der Waals surface area contributed by atoms with Crippen molar-refractivity contribution in [2.24, 2.45) is 5.10 Å². The number of amides is 1. The molecule has 0 atom stereocenters. The van der Waals surface area contributed by atoms with Crippen molar-refractivity contribution in [2.45, 2.75) is 18.8 Å². The molecule has 4 aromatic rings. The van der Waals surface area contributed by atoms with E-state index in [0.29, 0.717) is 11.5 Å². The van der Waals surface area contributed by atoms with Gasteiger partial charge in [0.15, 0.2) is 0 Å². The van der Waals surface area contributed by atoms with Crippen molar-refractivity contribution < 1.29 is 4.79 Å². The number of fused-ring (bicyclic) bond motifs is 2. The molecule has 0 saturated heterocycles. The minimum atomic E-state index is -0.216. The molecule has 27 heavy (non-hydrogen) atoms. The lowest BCUT2D eigenvalue weighted by atomic mass is 10.1. The van der Waals surface area contributed by atoms with Crippen LogP contribution < -0.4 is 5.43 Å². The average Bonchev–Trinajstić information content (AvgIpc) is 3.48. The first-order valence-electron chi connectivity index (χ1n) is 9.09. The first-order chi connectivity index (χ1) is 13.3. The van der Waals surface area contributed by atoms with Crippen LogP contribution in [0.5, 0.6) is 0 Å². The van der Waals surface area contributed by atoms with Crippen molar-refractivity contribution in [2.75, 3.05) is 0 Å². The average molecular weight is 354 g/mol. The van der Waals surface area contributed by atoms with Gasteiger partial charge in [0.25, 0.3) is 5.91 Å². The van der Waals surface area contributed by atoms with E-state index in [1.54, 1.807) is 6.21 Å². The highest BCUT2D eigenvalue weighted by Crippen LogP contribution is 2.40. The van der Waals surface area contributed by atoms with Crippen molar-refractivity contribution in [1.29, 1.82) is 0 Å². The molecule has 2 aromatic carbocycles. The maximum Gasteiger partial charge on any atom is 0.272 e. The normalized spacial score (nSPS) is 14.2. The topological polar surface area (TPSA) is 70.1 Å². The van der Waals surface area contributed by atoms with Crippen LogP contribution in [0.1, 0.15) is 40.4 Å². The van der Waals surface area contributed by atoms with Crippen LogP contribution in [0.15, 0.2) is 65.9 Å². The number of carbonyl (C=O) groups is 1. The van der Waals surface area contributed by atoms with Gasteiger partial charge in [0.2, 0.25) is 0 Å². The highest BCUT2D eigenvalue weighted by molar-refractivity contribution is 6.07. The molecule has 0 unspecified atom stereocenters. The monoisotopic (exact) mass is 354 g/mol. The SMILES string of the molecule is O=C(N/N=C\c1c[nH]c2ccccc12)c1cc(C2CC2)nc2ccccc12. The predicted octanol–water partition coefficient (Wildman–Crippen LogP) is 4.36. The van der Waals surface area contributed by atoms with Crippen LogP contribution in [0, 0.1) is 0 Å². The molecule has 1 aliphatic rings. The summed E-state index contributed by atoms with van der Waals surface area (Å²) in [5, 5.41) is 6.09. The molecule has 2 aromatic heterocycles. The van der Waals surface area contributed by atoms with E-state index in [-0.39, 0.29) is 5.91 Å². The summed E-state index contributed by atoms with van der Waals surface area (Å²) in [6.07, 6.45) is 5.84. The molecule has 132 valence electrons. The molecule has 5 heteroatoms. The number of hydrogen-bond acceptors (Lipinski definition) is 3. The van der Waals surface area contributed by atoms with E-state index >= 15 is 0 Å². The number of pyridine rings is 1. The Balaban J connectivity index is 1.44. The number of aromatic amines is 1. The smallest absolute Gasteiger partial charge is 0.272 e. The molecule has 2 N–H and O–H groups in total. The molecule has 0 aliphatic heterocycles. The summed E-state index contributed by atoms with van der Waals surface area (Å²) in [5.74, 6) is 0.266. The summed E-state index contributed by atoms with van der Waals surface area (Å²) < 4.78 is 0. The van der Waals surface area contributed by atoms with Crippen molar-refractivity contribution in [3.05, 3.63) is 77.6 Å². The number of aromatic nitrogens is 2. The number of H-pyrrole nitrogens is 1.